The molecule has 272 valence electrons. The Hall–Kier alpha value is -6.26. The van der Waals surface area contributed by atoms with Gasteiger partial charge in [0, 0.05) is 33.5 Å². The van der Waals surface area contributed by atoms with E-state index in [4.69, 9.17) is 9.15 Å². The minimum atomic E-state index is 0.361. The van der Waals surface area contributed by atoms with E-state index in [2.05, 4.69) is 137 Å². The topological polar surface area (TPSA) is 28.9 Å². The van der Waals surface area contributed by atoms with Gasteiger partial charge in [-0.2, -0.15) is 0 Å². The van der Waals surface area contributed by atoms with Crippen molar-refractivity contribution in [1.82, 2.24) is 0 Å². The number of nitrogens with zero attached hydrogens (tertiary/aromatic N) is 2. The number of fused-ring (bicyclic) bond motifs is 5. The summed E-state index contributed by atoms with van der Waals surface area (Å²) in [5.74, 6) is 4.47. The van der Waals surface area contributed by atoms with Gasteiger partial charge in [-0.15, -0.1) is 0 Å². The van der Waals surface area contributed by atoms with Gasteiger partial charge in [0.25, 0.3) is 0 Å². The summed E-state index contributed by atoms with van der Waals surface area (Å²) in [5.41, 5.74) is 12.6. The lowest BCUT2D eigenvalue weighted by Gasteiger charge is -2.57. The molecule has 1 aliphatic heterocycles. The van der Waals surface area contributed by atoms with Crippen LogP contribution in [0.2, 0.25) is 0 Å². The summed E-state index contributed by atoms with van der Waals surface area (Å²) in [4.78, 5) is 4.72. The first kappa shape index (κ1) is 32.0. The maximum atomic E-state index is 6.33. The number of benzene rings is 7. The smallest absolute Gasteiger partial charge is 0.151 e. The second kappa shape index (κ2) is 12.4. The van der Waals surface area contributed by atoms with Gasteiger partial charge in [0.2, 0.25) is 0 Å². The van der Waals surface area contributed by atoms with Crippen LogP contribution in [0.5, 0.6) is 11.5 Å². The monoisotopic (exact) mass is 726 g/mol. The fraction of sp³-hybridized carbons (Fsp3) is 0.192. The molecular formula is C52H42N2O2. The Balaban J connectivity index is 0.954. The highest BCUT2D eigenvalue weighted by Crippen LogP contribution is 2.61. The van der Waals surface area contributed by atoms with Crippen LogP contribution in [-0.4, -0.2) is 0 Å². The molecule has 0 spiro atoms. The van der Waals surface area contributed by atoms with Gasteiger partial charge in [-0.3, -0.25) is 0 Å². The lowest BCUT2D eigenvalue weighted by molar-refractivity contribution is -0.00518. The van der Waals surface area contributed by atoms with Crippen LogP contribution < -0.4 is 14.5 Å². The van der Waals surface area contributed by atoms with E-state index in [0.29, 0.717) is 5.41 Å². The van der Waals surface area contributed by atoms with E-state index in [1.165, 1.54) is 55.3 Å². The van der Waals surface area contributed by atoms with Gasteiger partial charge in [0.05, 0.1) is 11.4 Å². The quantitative estimate of drug-likeness (QED) is 0.171. The third kappa shape index (κ3) is 5.12. The summed E-state index contributed by atoms with van der Waals surface area (Å²) in [6.45, 7) is 0. The molecule has 5 aliphatic rings. The Morgan fingerprint density at radius 2 is 1.07 bits per heavy atom. The van der Waals surface area contributed by atoms with Crippen molar-refractivity contribution in [3.05, 3.63) is 169 Å². The number of rotatable bonds is 6. The third-order valence-electron chi connectivity index (χ3n) is 13.4. The molecule has 8 aromatic rings. The van der Waals surface area contributed by atoms with Crippen LogP contribution >= 0.6 is 0 Å². The molecular weight excluding hydrogens is 685 g/mol. The Labute approximate surface area is 327 Å². The SMILES string of the molecule is c1cc(-c2ccc3oc4ccccc4c3c2)cc(N(c2ccc(N3c4ccccc4Oc4ccccc43)cc2)c2ccc(C34CC5CC(CC(C5)C3)C4)cc2)c1. The zero-order valence-corrected chi connectivity index (χ0v) is 31.3. The zero-order chi connectivity index (χ0) is 36.8. The molecule has 1 aromatic heterocycles. The molecule has 2 heterocycles. The van der Waals surface area contributed by atoms with Gasteiger partial charge in [-0.25, -0.2) is 0 Å². The van der Waals surface area contributed by atoms with Crippen LogP contribution in [0.3, 0.4) is 0 Å². The predicted octanol–water partition coefficient (Wildman–Crippen LogP) is 14.8. The molecule has 0 amide bonds. The van der Waals surface area contributed by atoms with Crippen molar-refractivity contribution in [3.8, 4) is 22.6 Å². The van der Waals surface area contributed by atoms with Crippen molar-refractivity contribution in [2.24, 2.45) is 17.8 Å². The highest BCUT2D eigenvalue weighted by atomic mass is 16.5. The summed E-state index contributed by atoms with van der Waals surface area (Å²) in [6, 6.07) is 59.1. The van der Waals surface area contributed by atoms with E-state index in [0.717, 1.165) is 79.6 Å². The zero-order valence-electron chi connectivity index (χ0n) is 31.3. The molecule has 4 heteroatoms. The number of anilines is 6. The molecule has 0 atom stereocenters. The van der Waals surface area contributed by atoms with Crippen molar-refractivity contribution in [2.45, 2.75) is 43.9 Å². The largest absolute Gasteiger partial charge is 0.456 e. The first-order chi connectivity index (χ1) is 27.6. The molecule has 4 nitrogen and oxygen atoms in total. The van der Waals surface area contributed by atoms with Crippen LogP contribution in [0.1, 0.15) is 44.1 Å². The molecule has 4 saturated carbocycles. The maximum absolute atomic E-state index is 6.33. The Kier molecular flexibility index (Phi) is 7.08. The third-order valence-corrected chi connectivity index (χ3v) is 13.4. The molecule has 0 N–H and O–H groups in total. The first-order valence-electron chi connectivity index (χ1n) is 20.3. The first-order valence-corrected chi connectivity index (χ1v) is 20.3. The fourth-order valence-corrected chi connectivity index (χ4v) is 11.3. The molecule has 4 aliphatic carbocycles. The second-order valence-electron chi connectivity index (χ2n) is 16.8. The van der Waals surface area contributed by atoms with Crippen molar-refractivity contribution in [2.75, 3.05) is 9.80 Å². The molecule has 4 fully saturated rings. The second-order valence-corrected chi connectivity index (χ2v) is 16.8. The molecule has 13 rings (SSSR count). The highest BCUT2D eigenvalue weighted by Gasteiger charge is 2.51. The van der Waals surface area contributed by atoms with Crippen molar-refractivity contribution < 1.29 is 9.15 Å². The van der Waals surface area contributed by atoms with E-state index in [1.54, 1.807) is 5.56 Å². The van der Waals surface area contributed by atoms with Crippen LogP contribution in [0.15, 0.2) is 168 Å². The number of para-hydroxylation sites is 5. The van der Waals surface area contributed by atoms with Gasteiger partial charge < -0.3 is 19.0 Å². The summed E-state index contributed by atoms with van der Waals surface area (Å²) in [6.07, 6.45) is 8.50. The average molecular weight is 727 g/mol. The maximum Gasteiger partial charge on any atom is 0.151 e. The van der Waals surface area contributed by atoms with Gasteiger partial charge in [0.15, 0.2) is 11.5 Å². The lowest BCUT2D eigenvalue weighted by atomic mass is 9.48. The number of ether oxygens (including phenoxy) is 1. The van der Waals surface area contributed by atoms with Crippen LogP contribution in [0.4, 0.5) is 34.1 Å². The van der Waals surface area contributed by atoms with E-state index >= 15 is 0 Å². The predicted molar refractivity (Wildman–Crippen MR) is 228 cm³/mol. The molecule has 56 heavy (non-hydrogen) atoms. The Bertz CT molecular complexity index is 2700. The van der Waals surface area contributed by atoms with Gasteiger partial charge in [-0.05, 0) is 169 Å². The van der Waals surface area contributed by atoms with Crippen molar-refractivity contribution in [1.29, 1.82) is 0 Å². The molecule has 0 unspecified atom stereocenters. The molecule has 0 saturated heterocycles. The molecule has 0 radical (unpaired) electrons. The number of hydrogen-bond acceptors (Lipinski definition) is 4. The van der Waals surface area contributed by atoms with Crippen molar-refractivity contribution >= 4 is 56.1 Å². The van der Waals surface area contributed by atoms with E-state index in [9.17, 15) is 0 Å². The van der Waals surface area contributed by atoms with Gasteiger partial charge in [-0.1, -0.05) is 72.8 Å². The Morgan fingerprint density at radius 1 is 0.482 bits per heavy atom. The standard InChI is InChI=1S/C52H42N2O2/c1-4-13-48-44(10-1)45-30-38(16-25-49(45)55-48)37-8-7-9-43(29-37)53(40-19-17-39(18-20-40)52-31-34-26-35(32-52)28-36(27-34)33-52)41-21-23-42(24-22-41)54-46-11-2-5-14-50(46)56-51-15-6-3-12-47(51)54/h1-25,29-30,34-36H,26-28,31-33H2. The number of hydrogen-bond donors (Lipinski definition) is 0. The molecule has 4 bridgehead atoms. The highest BCUT2D eigenvalue weighted by molar-refractivity contribution is 6.06. The van der Waals surface area contributed by atoms with Crippen molar-refractivity contribution in [3.63, 3.8) is 0 Å². The van der Waals surface area contributed by atoms with Gasteiger partial charge in [0.1, 0.15) is 11.2 Å². The molecule has 7 aromatic carbocycles. The summed E-state index contributed by atoms with van der Waals surface area (Å²) in [7, 11) is 0. The Morgan fingerprint density at radius 3 is 1.77 bits per heavy atom. The fourth-order valence-electron chi connectivity index (χ4n) is 11.3. The summed E-state index contributed by atoms with van der Waals surface area (Å²) < 4.78 is 12.5. The van der Waals surface area contributed by atoms with Crippen LogP contribution in [0, 0.1) is 17.8 Å². The lowest BCUT2D eigenvalue weighted by Crippen LogP contribution is -2.48. The van der Waals surface area contributed by atoms with Crippen LogP contribution in [-0.2, 0) is 5.41 Å². The minimum Gasteiger partial charge on any atom is -0.456 e. The summed E-state index contributed by atoms with van der Waals surface area (Å²) in [5, 5.41) is 2.29. The van der Waals surface area contributed by atoms with Gasteiger partial charge >= 0.3 is 0 Å². The van der Waals surface area contributed by atoms with E-state index in [-0.39, 0.29) is 0 Å². The summed E-state index contributed by atoms with van der Waals surface area (Å²) >= 11 is 0. The van der Waals surface area contributed by atoms with Crippen LogP contribution in [0.25, 0.3) is 33.1 Å². The van der Waals surface area contributed by atoms with E-state index < -0.39 is 0 Å². The normalized spacial score (nSPS) is 21.9. The average Bonchev–Trinajstić information content (AvgIpc) is 3.61. The van der Waals surface area contributed by atoms with E-state index in [1.807, 2.05) is 36.4 Å². The number of furan rings is 1. The minimum absolute atomic E-state index is 0.361.